The molecule has 1 atom stereocenters. The van der Waals surface area contributed by atoms with Crippen LogP contribution in [0.25, 0.3) is 5.57 Å². The fourth-order valence-electron chi connectivity index (χ4n) is 3.58. The molecule has 132 valence electrons. The van der Waals surface area contributed by atoms with E-state index in [1.54, 1.807) is 0 Å². The fraction of sp³-hybridized carbons (Fsp3) is 0.0800. The highest BCUT2D eigenvalue weighted by atomic mass is 16.1. The van der Waals surface area contributed by atoms with E-state index in [-0.39, 0.29) is 0 Å². The van der Waals surface area contributed by atoms with Crippen LogP contribution < -0.4 is 4.90 Å². The number of para-hydroxylation sites is 2. The number of anilines is 2. The highest BCUT2D eigenvalue weighted by molar-refractivity contribution is 5.87. The van der Waals surface area contributed by atoms with Gasteiger partial charge in [-0.25, -0.2) is 0 Å². The zero-order valence-corrected chi connectivity index (χ0v) is 15.0. The van der Waals surface area contributed by atoms with Crippen molar-refractivity contribution in [1.82, 2.24) is 0 Å². The van der Waals surface area contributed by atoms with Crippen LogP contribution in [0.1, 0.15) is 12.0 Å². The number of carbonyl (C=O) groups excluding carboxylic acids is 1. The summed E-state index contributed by atoms with van der Waals surface area (Å²) in [6.45, 7) is 0. The molecule has 0 bridgehead atoms. The van der Waals surface area contributed by atoms with Gasteiger partial charge in [-0.2, -0.15) is 0 Å². The van der Waals surface area contributed by atoms with Crippen LogP contribution in [0.5, 0.6) is 0 Å². The highest BCUT2D eigenvalue weighted by Gasteiger charge is 2.36. The van der Waals surface area contributed by atoms with Crippen molar-refractivity contribution in [1.29, 1.82) is 0 Å². The van der Waals surface area contributed by atoms with E-state index in [0.717, 1.165) is 23.2 Å². The number of carbonyl (C=O) groups is 1. The summed E-state index contributed by atoms with van der Waals surface area (Å²) >= 11 is 0. The lowest BCUT2D eigenvalue weighted by atomic mass is 9.85. The molecule has 1 unspecified atom stereocenters. The van der Waals surface area contributed by atoms with Gasteiger partial charge in [0.2, 0.25) is 0 Å². The van der Waals surface area contributed by atoms with Crippen molar-refractivity contribution in [3.8, 4) is 0 Å². The summed E-state index contributed by atoms with van der Waals surface area (Å²) in [6, 6.07) is 30.4. The average Bonchev–Trinajstić information content (AvgIpc) is 2.76. The first-order valence-electron chi connectivity index (χ1n) is 9.14. The van der Waals surface area contributed by atoms with Crippen LogP contribution in [0.4, 0.5) is 11.4 Å². The predicted octanol–water partition coefficient (Wildman–Crippen LogP) is 5.81. The Kier molecular flexibility index (Phi) is 4.71. The molecule has 3 aromatic rings. The zero-order chi connectivity index (χ0) is 18.5. The first kappa shape index (κ1) is 17.0. The molecular formula is C25H21NO. The minimum atomic E-state index is -0.749. The molecule has 0 amide bonds. The third kappa shape index (κ3) is 3.34. The molecule has 27 heavy (non-hydrogen) atoms. The highest BCUT2D eigenvalue weighted by Crippen LogP contribution is 2.38. The summed E-state index contributed by atoms with van der Waals surface area (Å²) < 4.78 is 0. The van der Waals surface area contributed by atoms with Gasteiger partial charge in [-0.1, -0.05) is 85.0 Å². The topological polar surface area (TPSA) is 20.3 Å². The van der Waals surface area contributed by atoms with Crippen LogP contribution >= 0.6 is 0 Å². The van der Waals surface area contributed by atoms with E-state index in [9.17, 15) is 4.79 Å². The molecule has 0 radical (unpaired) electrons. The van der Waals surface area contributed by atoms with Gasteiger partial charge in [0.25, 0.3) is 0 Å². The molecule has 0 heterocycles. The lowest BCUT2D eigenvalue weighted by molar-refractivity contribution is -0.110. The summed E-state index contributed by atoms with van der Waals surface area (Å²) in [7, 11) is 0. The Bertz CT molecular complexity index is 921. The van der Waals surface area contributed by atoms with Crippen molar-refractivity contribution in [3.05, 3.63) is 115 Å². The van der Waals surface area contributed by atoms with E-state index < -0.39 is 5.54 Å². The van der Waals surface area contributed by atoms with Gasteiger partial charge in [0.05, 0.1) is 0 Å². The number of allylic oxidation sites excluding steroid dienone is 2. The number of hydrogen-bond acceptors (Lipinski definition) is 2. The van der Waals surface area contributed by atoms with Crippen LogP contribution in [0.15, 0.2) is 109 Å². The molecule has 0 saturated heterocycles. The Hall–Kier alpha value is -3.39. The number of hydrogen-bond donors (Lipinski definition) is 0. The van der Waals surface area contributed by atoms with Gasteiger partial charge in [0, 0.05) is 17.8 Å². The molecule has 0 aliphatic heterocycles. The molecule has 0 saturated carbocycles. The van der Waals surface area contributed by atoms with E-state index in [2.05, 4.69) is 29.2 Å². The van der Waals surface area contributed by atoms with Crippen LogP contribution in [-0.2, 0) is 4.79 Å². The Morgan fingerprint density at radius 2 is 1.26 bits per heavy atom. The third-order valence-corrected chi connectivity index (χ3v) is 4.96. The molecule has 0 N–H and O–H groups in total. The summed E-state index contributed by atoms with van der Waals surface area (Å²) in [6.07, 6.45) is 7.92. The summed E-state index contributed by atoms with van der Waals surface area (Å²) in [5, 5.41) is 0. The van der Waals surface area contributed by atoms with Gasteiger partial charge in [-0.05, 0) is 35.4 Å². The first-order valence-corrected chi connectivity index (χ1v) is 9.14. The lowest BCUT2D eigenvalue weighted by Crippen LogP contribution is -2.46. The Morgan fingerprint density at radius 1 is 0.741 bits per heavy atom. The molecule has 0 spiro atoms. The predicted molar refractivity (Wildman–Crippen MR) is 112 cm³/mol. The standard InChI is InChI=1S/C25H21NO/c27-20-25(18-16-22(17-19-25)21-10-4-1-5-11-21)26(23-12-6-2-7-13-23)24-14-8-3-9-15-24/h1-18,20H,19H2. The molecule has 4 rings (SSSR count). The van der Waals surface area contributed by atoms with Gasteiger partial charge in [0.1, 0.15) is 11.8 Å². The lowest BCUT2D eigenvalue weighted by Gasteiger charge is -2.40. The molecule has 1 aliphatic rings. The van der Waals surface area contributed by atoms with Gasteiger partial charge in [0.15, 0.2) is 0 Å². The molecule has 1 aliphatic carbocycles. The van der Waals surface area contributed by atoms with Gasteiger partial charge < -0.3 is 9.69 Å². The van der Waals surface area contributed by atoms with Crippen molar-refractivity contribution >= 4 is 23.2 Å². The van der Waals surface area contributed by atoms with E-state index in [4.69, 9.17) is 0 Å². The van der Waals surface area contributed by atoms with Gasteiger partial charge in [-0.3, -0.25) is 0 Å². The van der Waals surface area contributed by atoms with Crippen molar-refractivity contribution in [2.24, 2.45) is 0 Å². The molecule has 2 heteroatoms. The minimum absolute atomic E-state index is 0.612. The molecule has 3 aromatic carbocycles. The normalized spacial score (nSPS) is 18.6. The van der Waals surface area contributed by atoms with Crippen molar-refractivity contribution < 1.29 is 4.79 Å². The van der Waals surface area contributed by atoms with Crippen LogP contribution in [0, 0.1) is 0 Å². The minimum Gasteiger partial charge on any atom is -0.325 e. The maximum absolute atomic E-state index is 12.4. The summed E-state index contributed by atoms with van der Waals surface area (Å²) in [4.78, 5) is 14.5. The SMILES string of the molecule is O=CC1(N(c2ccccc2)c2ccccc2)C=CC(c2ccccc2)=CC1. The van der Waals surface area contributed by atoms with E-state index in [1.807, 2.05) is 84.9 Å². The van der Waals surface area contributed by atoms with Gasteiger partial charge in [-0.15, -0.1) is 0 Å². The largest absolute Gasteiger partial charge is 0.325 e. The monoisotopic (exact) mass is 351 g/mol. The maximum atomic E-state index is 12.4. The van der Waals surface area contributed by atoms with Crippen LogP contribution in [0.2, 0.25) is 0 Å². The first-order chi connectivity index (χ1) is 13.3. The second-order valence-electron chi connectivity index (χ2n) is 6.68. The zero-order valence-electron chi connectivity index (χ0n) is 15.0. The second kappa shape index (κ2) is 7.46. The third-order valence-electron chi connectivity index (χ3n) is 4.96. The van der Waals surface area contributed by atoms with E-state index in [1.165, 1.54) is 5.56 Å². The Balaban J connectivity index is 1.76. The number of aldehydes is 1. The second-order valence-corrected chi connectivity index (χ2v) is 6.68. The van der Waals surface area contributed by atoms with Crippen molar-refractivity contribution in [2.45, 2.75) is 12.0 Å². The van der Waals surface area contributed by atoms with Gasteiger partial charge >= 0.3 is 0 Å². The van der Waals surface area contributed by atoms with Crippen LogP contribution in [-0.4, -0.2) is 11.8 Å². The van der Waals surface area contributed by atoms with Crippen molar-refractivity contribution in [2.75, 3.05) is 4.90 Å². The number of benzene rings is 3. The van der Waals surface area contributed by atoms with E-state index in [0.29, 0.717) is 6.42 Å². The quantitative estimate of drug-likeness (QED) is 0.541. The molecule has 0 aromatic heterocycles. The Morgan fingerprint density at radius 3 is 1.70 bits per heavy atom. The van der Waals surface area contributed by atoms with E-state index >= 15 is 0 Å². The van der Waals surface area contributed by atoms with Crippen LogP contribution in [0.3, 0.4) is 0 Å². The summed E-state index contributed by atoms with van der Waals surface area (Å²) in [5.41, 5.74) is 3.56. The van der Waals surface area contributed by atoms with Crippen molar-refractivity contribution in [3.63, 3.8) is 0 Å². The smallest absolute Gasteiger partial charge is 0.150 e. The molecule has 2 nitrogen and oxygen atoms in total. The number of rotatable bonds is 5. The average molecular weight is 351 g/mol. The maximum Gasteiger partial charge on any atom is 0.150 e. The Labute approximate surface area is 160 Å². The molecular weight excluding hydrogens is 330 g/mol. The summed E-state index contributed by atoms with van der Waals surface area (Å²) in [5.74, 6) is 0. The number of nitrogens with zero attached hydrogens (tertiary/aromatic N) is 1. The fourth-order valence-corrected chi connectivity index (χ4v) is 3.58. The molecule has 0 fully saturated rings.